The zero-order valence-electron chi connectivity index (χ0n) is 16.2. The van der Waals surface area contributed by atoms with Crippen LogP contribution < -0.4 is 5.32 Å². The zero-order valence-corrected chi connectivity index (χ0v) is 17.0. The highest BCUT2D eigenvalue weighted by atomic mass is 32.2. The van der Waals surface area contributed by atoms with Crippen molar-refractivity contribution in [2.75, 3.05) is 13.1 Å². The number of sulfonamides is 1. The molecule has 1 fully saturated rings. The summed E-state index contributed by atoms with van der Waals surface area (Å²) in [6, 6.07) is 3.93. The summed E-state index contributed by atoms with van der Waals surface area (Å²) >= 11 is 0. The Morgan fingerprint density at radius 3 is 2.31 bits per heavy atom. The standard InChI is InChI=1S/C18H22F3N3O4S/c1-17(2,3)28-16(25)23-13-7-9-24(10-8-13)29(26,27)14-6-4-5-12(11-22)15(14)18(19,20)21/h4-6,13H,7-10H2,1-3H3,(H,23,25). The zero-order chi connectivity index (χ0) is 22.0. The summed E-state index contributed by atoms with van der Waals surface area (Å²) in [6.45, 7) is 4.97. The van der Waals surface area contributed by atoms with Crippen molar-refractivity contribution >= 4 is 16.1 Å². The molecule has 0 saturated carbocycles. The highest BCUT2D eigenvalue weighted by Crippen LogP contribution is 2.38. The molecule has 0 atom stereocenters. The van der Waals surface area contributed by atoms with E-state index in [0.29, 0.717) is 0 Å². The average Bonchev–Trinajstić information content (AvgIpc) is 2.59. The van der Waals surface area contributed by atoms with Crippen LogP contribution in [0, 0.1) is 11.3 Å². The summed E-state index contributed by atoms with van der Waals surface area (Å²) in [4.78, 5) is 10.9. The SMILES string of the molecule is CC(C)(C)OC(=O)NC1CCN(S(=O)(=O)c2cccc(C#N)c2C(F)(F)F)CC1. The maximum Gasteiger partial charge on any atom is 0.419 e. The third-order valence-corrected chi connectivity index (χ3v) is 6.16. The number of alkyl carbamates (subject to hydrolysis) is 1. The normalized spacial score (nSPS) is 16.9. The molecule has 0 radical (unpaired) electrons. The van der Waals surface area contributed by atoms with Crippen molar-refractivity contribution in [1.29, 1.82) is 5.26 Å². The number of nitrogens with zero attached hydrogens (tertiary/aromatic N) is 2. The first-order valence-electron chi connectivity index (χ1n) is 8.85. The number of nitriles is 1. The fourth-order valence-electron chi connectivity index (χ4n) is 2.99. The van der Waals surface area contributed by atoms with E-state index in [1.807, 2.05) is 0 Å². The van der Waals surface area contributed by atoms with Gasteiger partial charge in [0.05, 0.1) is 22.1 Å². The highest BCUT2D eigenvalue weighted by molar-refractivity contribution is 7.89. The van der Waals surface area contributed by atoms with Crippen molar-refractivity contribution in [3.8, 4) is 6.07 Å². The van der Waals surface area contributed by atoms with E-state index in [0.717, 1.165) is 22.5 Å². The number of carbonyl (C=O) groups excluding carboxylic acids is 1. The number of nitrogens with one attached hydrogen (secondary N) is 1. The van der Waals surface area contributed by atoms with Gasteiger partial charge in [0.25, 0.3) is 0 Å². The summed E-state index contributed by atoms with van der Waals surface area (Å²) in [6.07, 6.45) is -5.19. The summed E-state index contributed by atoms with van der Waals surface area (Å²) in [5.74, 6) is 0. The number of amides is 1. The van der Waals surface area contributed by atoms with Crippen LogP contribution in [0.1, 0.15) is 44.7 Å². The second-order valence-corrected chi connectivity index (χ2v) is 9.52. The molecule has 1 aromatic carbocycles. The van der Waals surface area contributed by atoms with Gasteiger partial charge in [0.1, 0.15) is 5.60 Å². The Bertz CT molecular complexity index is 910. The number of hydrogen-bond acceptors (Lipinski definition) is 5. The highest BCUT2D eigenvalue weighted by Gasteiger charge is 2.42. The minimum absolute atomic E-state index is 0.0725. The van der Waals surface area contributed by atoms with Crippen LogP contribution in [0.5, 0.6) is 0 Å². The lowest BCUT2D eigenvalue weighted by Gasteiger charge is -2.32. The average molecular weight is 433 g/mol. The van der Waals surface area contributed by atoms with Crippen molar-refractivity contribution in [1.82, 2.24) is 9.62 Å². The third kappa shape index (κ3) is 5.61. The minimum atomic E-state index is -4.99. The molecule has 1 aromatic rings. The molecular formula is C18H22F3N3O4S. The van der Waals surface area contributed by atoms with Gasteiger partial charge in [-0.1, -0.05) is 6.07 Å². The number of hydrogen-bond donors (Lipinski definition) is 1. The van der Waals surface area contributed by atoms with Crippen molar-refractivity contribution in [3.05, 3.63) is 29.3 Å². The quantitative estimate of drug-likeness (QED) is 0.789. The summed E-state index contributed by atoms with van der Waals surface area (Å²) < 4.78 is 72.1. The van der Waals surface area contributed by atoms with Gasteiger partial charge in [-0.3, -0.25) is 0 Å². The first-order valence-corrected chi connectivity index (χ1v) is 10.3. The minimum Gasteiger partial charge on any atom is -0.444 e. The number of ether oxygens (including phenoxy) is 1. The van der Waals surface area contributed by atoms with Gasteiger partial charge in [-0.25, -0.2) is 13.2 Å². The maximum atomic E-state index is 13.4. The molecule has 0 aliphatic carbocycles. The predicted molar refractivity (Wildman–Crippen MR) is 97.3 cm³/mol. The molecule has 0 unspecified atom stereocenters. The molecular weight excluding hydrogens is 411 g/mol. The van der Waals surface area contributed by atoms with Crippen LogP contribution in [0.2, 0.25) is 0 Å². The van der Waals surface area contributed by atoms with Crippen molar-refractivity contribution in [2.24, 2.45) is 0 Å². The molecule has 1 amide bonds. The molecule has 1 aliphatic rings. The number of benzene rings is 1. The fourth-order valence-corrected chi connectivity index (χ4v) is 4.69. The number of halogens is 3. The summed E-state index contributed by atoms with van der Waals surface area (Å²) in [7, 11) is -4.47. The van der Waals surface area contributed by atoms with E-state index in [1.54, 1.807) is 20.8 Å². The van der Waals surface area contributed by atoms with Crippen LogP contribution in [-0.2, 0) is 20.9 Å². The topological polar surface area (TPSA) is 99.5 Å². The van der Waals surface area contributed by atoms with Gasteiger partial charge in [-0.2, -0.15) is 22.7 Å². The van der Waals surface area contributed by atoms with Crippen LogP contribution in [0.15, 0.2) is 23.1 Å². The van der Waals surface area contributed by atoms with Crippen LogP contribution in [0.3, 0.4) is 0 Å². The van der Waals surface area contributed by atoms with Gasteiger partial charge in [0.2, 0.25) is 10.0 Å². The number of carbonyl (C=O) groups is 1. The fraction of sp³-hybridized carbons (Fsp3) is 0.556. The molecule has 2 rings (SSSR count). The van der Waals surface area contributed by atoms with Gasteiger partial charge in [0, 0.05) is 19.1 Å². The molecule has 160 valence electrons. The van der Waals surface area contributed by atoms with E-state index in [9.17, 15) is 26.4 Å². The van der Waals surface area contributed by atoms with E-state index >= 15 is 0 Å². The Labute approximate surface area is 167 Å². The van der Waals surface area contributed by atoms with E-state index in [2.05, 4.69) is 5.32 Å². The van der Waals surface area contributed by atoms with E-state index in [-0.39, 0.29) is 32.0 Å². The molecule has 29 heavy (non-hydrogen) atoms. The van der Waals surface area contributed by atoms with Crippen molar-refractivity contribution < 1.29 is 31.1 Å². The smallest absolute Gasteiger partial charge is 0.419 e. The number of alkyl halides is 3. The Morgan fingerprint density at radius 2 is 1.83 bits per heavy atom. The van der Waals surface area contributed by atoms with Crippen LogP contribution >= 0.6 is 0 Å². The first kappa shape index (κ1) is 23.0. The molecule has 7 nitrogen and oxygen atoms in total. The van der Waals surface area contributed by atoms with Crippen molar-refractivity contribution in [3.63, 3.8) is 0 Å². The molecule has 11 heteroatoms. The van der Waals surface area contributed by atoms with E-state index < -0.39 is 43.9 Å². The lowest BCUT2D eigenvalue weighted by molar-refractivity contribution is -0.140. The summed E-state index contributed by atoms with van der Waals surface area (Å²) in [5.41, 5.74) is -2.90. The van der Waals surface area contributed by atoms with Gasteiger partial charge in [-0.15, -0.1) is 0 Å². The lowest BCUT2D eigenvalue weighted by Crippen LogP contribution is -2.47. The lowest BCUT2D eigenvalue weighted by atomic mass is 10.1. The monoisotopic (exact) mass is 433 g/mol. The molecule has 1 aliphatic heterocycles. The Balaban J connectivity index is 2.18. The van der Waals surface area contributed by atoms with Gasteiger partial charge >= 0.3 is 12.3 Å². The largest absolute Gasteiger partial charge is 0.444 e. The van der Waals surface area contributed by atoms with Gasteiger partial charge in [0.15, 0.2) is 0 Å². The van der Waals surface area contributed by atoms with Crippen LogP contribution in [0.25, 0.3) is 0 Å². The number of piperidine rings is 1. The van der Waals surface area contributed by atoms with Gasteiger partial charge in [-0.05, 0) is 45.7 Å². The molecule has 0 bridgehead atoms. The first-order chi connectivity index (χ1) is 13.3. The second-order valence-electron chi connectivity index (χ2n) is 7.61. The number of rotatable bonds is 3. The maximum absolute atomic E-state index is 13.4. The van der Waals surface area contributed by atoms with Gasteiger partial charge < -0.3 is 10.1 Å². The molecule has 0 spiro atoms. The molecule has 0 aromatic heterocycles. The Morgan fingerprint density at radius 1 is 1.24 bits per heavy atom. The third-order valence-electron chi connectivity index (χ3n) is 4.22. The Kier molecular flexibility index (Phi) is 6.49. The van der Waals surface area contributed by atoms with E-state index in [1.165, 1.54) is 6.07 Å². The summed E-state index contributed by atoms with van der Waals surface area (Å²) in [5, 5.41) is 11.6. The molecule has 1 heterocycles. The van der Waals surface area contributed by atoms with Crippen LogP contribution in [-0.4, -0.2) is 43.5 Å². The predicted octanol–water partition coefficient (Wildman–Crippen LogP) is 3.25. The molecule has 1 saturated heterocycles. The second kappa shape index (κ2) is 8.20. The van der Waals surface area contributed by atoms with E-state index in [4.69, 9.17) is 10.00 Å². The van der Waals surface area contributed by atoms with Crippen LogP contribution in [0.4, 0.5) is 18.0 Å². The van der Waals surface area contributed by atoms with Crippen molar-refractivity contribution in [2.45, 2.75) is 56.3 Å². The Hall–Kier alpha value is -2.32. The molecule has 1 N–H and O–H groups in total.